The summed E-state index contributed by atoms with van der Waals surface area (Å²) in [5.41, 5.74) is 1.56. The molecule has 1 unspecified atom stereocenters. The van der Waals surface area contributed by atoms with E-state index < -0.39 is 10.8 Å². The number of imidazole rings is 1. The van der Waals surface area contributed by atoms with Crippen LogP contribution in [0.3, 0.4) is 0 Å². The summed E-state index contributed by atoms with van der Waals surface area (Å²) in [7, 11) is 0.880. The molecule has 144 valence electrons. The van der Waals surface area contributed by atoms with E-state index in [1.165, 1.54) is 11.8 Å². The smallest absolute Gasteiger partial charge is 0.162 e. The van der Waals surface area contributed by atoms with E-state index in [4.69, 9.17) is 0 Å². The predicted octanol–water partition coefficient (Wildman–Crippen LogP) is 3.41. The molecule has 3 rings (SSSR count). The molecule has 3 aromatic rings. The monoisotopic (exact) mass is 412 g/mol. The van der Waals surface area contributed by atoms with Crippen molar-refractivity contribution in [1.82, 2.24) is 24.5 Å². The Bertz CT molecular complexity index is 1010. The fraction of sp³-hybridized carbons (Fsp3) is 0.316. The van der Waals surface area contributed by atoms with Gasteiger partial charge in [0.1, 0.15) is 22.4 Å². The molecule has 0 saturated carbocycles. The van der Waals surface area contributed by atoms with Crippen molar-refractivity contribution >= 4 is 22.6 Å². The van der Waals surface area contributed by atoms with Crippen LogP contribution in [0.25, 0.3) is 22.9 Å². The van der Waals surface area contributed by atoms with Crippen LogP contribution in [0.15, 0.2) is 41.9 Å². The Morgan fingerprint density at radius 1 is 1.32 bits per heavy atom. The molecule has 0 saturated heterocycles. The number of hydrogen-bond donors (Lipinski definition) is 0. The Morgan fingerprint density at radius 3 is 2.82 bits per heavy atom. The molecule has 0 spiro atoms. The number of hydrogen-bond acceptors (Lipinski definition) is 7. The van der Waals surface area contributed by atoms with Crippen molar-refractivity contribution < 1.29 is 4.21 Å². The Kier molecular flexibility index (Phi) is 6.90. The maximum absolute atomic E-state index is 12.2. The standard InChI is InChI=1S/C19H20N6OS2/c1-3-4-10-28(26)13-27-19-15(11-20)16(18-22-8-9-25(18)2)23-17(24-19)14-6-5-7-21-12-14/h5-9,12H,3-4,10,13H2,1-2H3. The lowest BCUT2D eigenvalue weighted by Crippen LogP contribution is -2.05. The second-order valence-electron chi connectivity index (χ2n) is 6.05. The number of aryl methyl sites for hydroxylation is 1. The third-order valence-electron chi connectivity index (χ3n) is 3.99. The van der Waals surface area contributed by atoms with Crippen molar-refractivity contribution in [2.75, 3.05) is 10.8 Å². The summed E-state index contributed by atoms with van der Waals surface area (Å²) in [6.07, 6.45) is 8.74. The molecule has 28 heavy (non-hydrogen) atoms. The highest BCUT2D eigenvalue weighted by molar-refractivity contribution is 8.10. The van der Waals surface area contributed by atoms with Crippen LogP contribution in [0.2, 0.25) is 0 Å². The van der Waals surface area contributed by atoms with Gasteiger partial charge in [-0.15, -0.1) is 0 Å². The lowest BCUT2D eigenvalue weighted by atomic mass is 10.2. The van der Waals surface area contributed by atoms with Gasteiger partial charge in [-0.2, -0.15) is 5.26 Å². The van der Waals surface area contributed by atoms with Crippen LogP contribution >= 0.6 is 11.8 Å². The fourth-order valence-corrected chi connectivity index (χ4v) is 5.00. The molecule has 0 N–H and O–H groups in total. The first kappa shape index (κ1) is 20.2. The van der Waals surface area contributed by atoms with Gasteiger partial charge in [0.05, 0.1) is 5.08 Å². The molecule has 0 radical (unpaired) electrons. The van der Waals surface area contributed by atoms with Crippen LogP contribution in [0.5, 0.6) is 0 Å². The van der Waals surface area contributed by atoms with Crippen molar-refractivity contribution in [3.8, 4) is 29.0 Å². The van der Waals surface area contributed by atoms with Gasteiger partial charge in [-0.25, -0.2) is 15.0 Å². The first-order valence-corrected chi connectivity index (χ1v) is 11.3. The zero-order chi connectivity index (χ0) is 19.9. The van der Waals surface area contributed by atoms with E-state index in [-0.39, 0.29) is 0 Å². The molecule has 7 nitrogen and oxygen atoms in total. The highest BCUT2D eigenvalue weighted by Gasteiger charge is 2.20. The van der Waals surface area contributed by atoms with Crippen molar-refractivity contribution in [3.63, 3.8) is 0 Å². The first-order valence-electron chi connectivity index (χ1n) is 8.82. The largest absolute Gasteiger partial charge is 0.333 e. The lowest BCUT2D eigenvalue weighted by Gasteiger charge is -2.11. The average molecular weight is 413 g/mol. The molecular weight excluding hydrogens is 392 g/mol. The van der Waals surface area contributed by atoms with E-state index in [2.05, 4.69) is 32.9 Å². The van der Waals surface area contributed by atoms with Crippen molar-refractivity contribution in [1.29, 1.82) is 5.26 Å². The highest BCUT2D eigenvalue weighted by Crippen LogP contribution is 2.31. The van der Waals surface area contributed by atoms with Gasteiger partial charge in [0.15, 0.2) is 11.6 Å². The molecule has 1 atom stereocenters. The second kappa shape index (κ2) is 9.57. The summed E-state index contributed by atoms with van der Waals surface area (Å²) in [6, 6.07) is 5.89. The van der Waals surface area contributed by atoms with Crippen molar-refractivity contribution in [2.45, 2.75) is 24.8 Å². The van der Waals surface area contributed by atoms with Gasteiger partial charge in [0, 0.05) is 54.0 Å². The SMILES string of the molecule is CCCCS(=O)CSc1nc(-c2cccnc2)nc(-c2nccn2C)c1C#N. The maximum Gasteiger partial charge on any atom is 0.162 e. The van der Waals surface area contributed by atoms with Crippen LogP contribution in [0.4, 0.5) is 0 Å². The summed E-state index contributed by atoms with van der Waals surface area (Å²) in [6.45, 7) is 2.07. The average Bonchev–Trinajstić information content (AvgIpc) is 3.16. The first-order chi connectivity index (χ1) is 13.6. The van der Waals surface area contributed by atoms with Gasteiger partial charge in [-0.1, -0.05) is 25.1 Å². The molecule has 3 heterocycles. The van der Waals surface area contributed by atoms with E-state index in [1.807, 2.05) is 23.7 Å². The van der Waals surface area contributed by atoms with Crippen LogP contribution in [-0.2, 0) is 17.8 Å². The molecule has 0 fully saturated rings. The van der Waals surface area contributed by atoms with E-state index in [0.29, 0.717) is 38.8 Å². The minimum atomic E-state index is -0.969. The van der Waals surface area contributed by atoms with Gasteiger partial charge >= 0.3 is 0 Å². The van der Waals surface area contributed by atoms with Gasteiger partial charge in [-0.05, 0) is 18.6 Å². The lowest BCUT2D eigenvalue weighted by molar-refractivity contribution is 0.682. The maximum atomic E-state index is 12.2. The molecule has 0 aliphatic carbocycles. The van der Waals surface area contributed by atoms with E-state index in [9.17, 15) is 9.47 Å². The van der Waals surface area contributed by atoms with Crippen LogP contribution in [-0.4, -0.2) is 39.5 Å². The third kappa shape index (κ3) is 4.64. The van der Waals surface area contributed by atoms with E-state index in [1.54, 1.807) is 24.8 Å². The minimum absolute atomic E-state index is 0.347. The van der Waals surface area contributed by atoms with Gasteiger partial charge in [0.2, 0.25) is 0 Å². The highest BCUT2D eigenvalue weighted by atomic mass is 32.2. The van der Waals surface area contributed by atoms with Crippen LogP contribution < -0.4 is 0 Å². The zero-order valence-electron chi connectivity index (χ0n) is 15.7. The molecule has 0 bridgehead atoms. The second-order valence-corrected chi connectivity index (χ2v) is 8.96. The predicted molar refractivity (Wildman–Crippen MR) is 111 cm³/mol. The van der Waals surface area contributed by atoms with Gasteiger partial charge in [-0.3, -0.25) is 9.19 Å². The summed E-state index contributed by atoms with van der Waals surface area (Å²) in [5, 5.41) is 10.7. The fourth-order valence-electron chi connectivity index (χ4n) is 2.51. The Morgan fingerprint density at radius 2 is 2.18 bits per heavy atom. The number of pyridine rings is 1. The van der Waals surface area contributed by atoms with Gasteiger partial charge < -0.3 is 4.57 Å². The topological polar surface area (TPSA) is 97.3 Å². The number of unbranched alkanes of at least 4 members (excludes halogenated alkanes) is 1. The molecule has 9 heteroatoms. The molecule has 0 aliphatic rings. The summed E-state index contributed by atoms with van der Waals surface area (Å²) in [5.74, 6) is 1.70. The molecule has 0 amide bonds. The normalized spacial score (nSPS) is 11.9. The molecule has 3 aromatic heterocycles. The summed E-state index contributed by atoms with van der Waals surface area (Å²) < 4.78 is 14.0. The number of nitriles is 1. The van der Waals surface area contributed by atoms with Crippen molar-refractivity contribution in [3.05, 3.63) is 42.5 Å². The summed E-state index contributed by atoms with van der Waals surface area (Å²) >= 11 is 1.33. The van der Waals surface area contributed by atoms with Gasteiger partial charge in [0.25, 0.3) is 0 Å². The summed E-state index contributed by atoms with van der Waals surface area (Å²) in [4.78, 5) is 17.7. The number of aromatic nitrogens is 5. The quantitative estimate of drug-likeness (QED) is 0.413. The Balaban J connectivity index is 2.05. The minimum Gasteiger partial charge on any atom is -0.333 e. The molecule has 0 aliphatic heterocycles. The van der Waals surface area contributed by atoms with Crippen molar-refractivity contribution in [2.24, 2.45) is 7.05 Å². The number of thioether (sulfide) groups is 1. The molecular formula is C19H20N6OS2. The Labute approximate surface area is 170 Å². The Hall–Kier alpha value is -2.57. The molecule has 0 aromatic carbocycles. The number of nitrogens with zero attached hydrogens (tertiary/aromatic N) is 6. The van der Waals surface area contributed by atoms with Crippen LogP contribution in [0, 0.1) is 11.3 Å². The van der Waals surface area contributed by atoms with E-state index >= 15 is 0 Å². The number of rotatable bonds is 8. The zero-order valence-corrected chi connectivity index (χ0v) is 17.3. The third-order valence-corrected chi connectivity index (χ3v) is 6.83. The van der Waals surface area contributed by atoms with Crippen LogP contribution in [0.1, 0.15) is 25.3 Å². The van der Waals surface area contributed by atoms with E-state index in [0.717, 1.165) is 18.4 Å².